The van der Waals surface area contributed by atoms with Gasteiger partial charge in [0, 0.05) is 19.5 Å². The summed E-state index contributed by atoms with van der Waals surface area (Å²) >= 11 is 0. The van der Waals surface area contributed by atoms with Crippen LogP contribution in [0.3, 0.4) is 0 Å². The first-order valence-electron chi connectivity index (χ1n) is 3.99. The zero-order valence-corrected chi connectivity index (χ0v) is 7.50. The highest BCUT2D eigenvalue weighted by atomic mass is 16.3. The fourth-order valence-corrected chi connectivity index (χ4v) is 0.811. The third-order valence-corrected chi connectivity index (χ3v) is 1.85. The second-order valence-electron chi connectivity index (χ2n) is 2.79. The van der Waals surface area contributed by atoms with E-state index in [9.17, 15) is 4.79 Å². The lowest BCUT2D eigenvalue weighted by Gasteiger charge is -2.19. The van der Waals surface area contributed by atoms with Gasteiger partial charge in [0.15, 0.2) is 0 Å². The molecule has 1 amide bonds. The van der Waals surface area contributed by atoms with Gasteiger partial charge in [-0.2, -0.15) is 0 Å². The van der Waals surface area contributed by atoms with Crippen LogP contribution in [0.25, 0.3) is 0 Å². The van der Waals surface area contributed by atoms with E-state index in [4.69, 9.17) is 5.11 Å². The highest BCUT2D eigenvalue weighted by Crippen LogP contribution is 2.03. The zero-order chi connectivity index (χ0) is 8.85. The van der Waals surface area contributed by atoms with Gasteiger partial charge in [0.25, 0.3) is 0 Å². The molecule has 0 aliphatic rings. The minimum absolute atomic E-state index is 0.0404. The molecule has 3 nitrogen and oxygen atoms in total. The van der Waals surface area contributed by atoms with Gasteiger partial charge in [0.1, 0.15) is 0 Å². The van der Waals surface area contributed by atoms with Crippen molar-refractivity contribution in [2.45, 2.75) is 20.3 Å². The standard InChI is InChI=1S/C8H17NO2/c1-4-7(2)8(11)9(3)5-6-10/h7,10H,4-6H2,1-3H3. The summed E-state index contributed by atoms with van der Waals surface area (Å²) in [6, 6.07) is 0. The van der Waals surface area contributed by atoms with Crippen molar-refractivity contribution in [3.8, 4) is 0 Å². The summed E-state index contributed by atoms with van der Waals surface area (Å²) in [6.45, 7) is 4.35. The summed E-state index contributed by atoms with van der Waals surface area (Å²) in [7, 11) is 1.71. The predicted octanol–water partition coefficient (Wildman–Crippen LogP) is 0.483. The van der Waals surface area contributed by atoms with Crippen LogP contribution in [-0.4, -0.2) is 36.1 Å². The van der Waals surface area contributed by atoms with Gasteiger partial charge in [-0.3, -0.25) is 4.79 Å². The largest absolute Gasteiger partial charge is 0.395 e. The number of aliphatic hydroxyl groups excluding tert-OH is 1. The van der Waals surface area contributed by atoms with Crippen LogP contribution in [0.2, 0.25) is 0 Å². The molecular formula is C8H17NO2. The van der Waals surface area contributed by atoms with Crippen molar-refractivity contribution in [2.24, 2.45) is 5.92 Å². The summed E-state index contributed by atoms with van der Waals surface area (Å²) in [5, 5.41) is 8.55. The van der Waals surface area contributed by atoms with Crippen molar-refractivity contribution in [2.75, 3.05) is 20.2 Å². The lowest BCUT2D eigenvalue weighted by Crippen LogP contribution is -2.33. The molecule has 1 atom stereocenters. The maximum absolute atomic E-state index is 11.3. The van der Waals surface area contributed by atoms with Crippen LogP contribution in [0.5, 0.6) is 0 Å². The number of nitrogens with zero attached hydrogens (tertiary/aromatic N) is 1. The lowest BCUT2D eigenvalue weighted by molar-refractivity contribution is -0.134. The minimum atomic E-state index is 0.0404. The van der Waals surface area contributed by atoms with Gasteiger partial charge in [-0.1, -0.05) is 13.8 Å². The predicted molar refractivity (Wildman–Crippen MR) is 44.2 cm³/mol. The summed E-state index contributed by atoms with van der Waals surface area (Å²) in [5.41, 5.74) is 0. The van der Waals surface area contributed by atoms with Crippen LogP contribution in [0.4, 0.5) is 0 Å². The van der Waals surface area contributed by atoms with E-state index in [1.807, 2.05) is 13.8 Å². The topological polar surface area (TPSA) is 40.5 Å². The van der Waals surface area contributed by atoms with Crippen LogP contribution in [0, 0.1) is 5.92 Å². The molecule has 0 saturated carbocycles. The minimum Gasteiger partial charge on any atom is -0.395 e. The molecule has 0 aromatic rings. The van der Waals surface area contributed by atoms with E-state index in [0.29, 0.717) is 6.54 Å². The van der Waals surface area contributed by atoms with Crippen molar-refractivity contribution < 1.29 is 9.90 Å². The van der Waals surface area contributed by atoms with Crippen molar-refractivity contribution in [3.05, 3.63) is 0 Å². The molecule has 1 unspecified atom stereocenters. The van der Waals surface area contributed by atoms with Crippen molar-refractivity contribution >= 4 is 5.91 Å². The molecular weight excluding hydrogens is 142 g/mol. The molecule has 0 aromatic heterocycles. The Hall–Kier alpha value is -0.570. The Morgan fingerprint density at radius 2 is 2.18 bits per heavy atom. The van der Waals surface area contributed by atoms with E-state index in [2.05, 4.69) is 0 Å². The van der Waals surface area contributed by atoms with Crippen LogP contribution < -0.4 is 0 Å². The zero-order valence-electron chi connectivity index (χ0n) is 7.50. The Balaban J connectivity index is 3.81. The molecule has 0 spiro atoms. The highest BCUT2D eigenvalue weighted by Gasteiger charge is 2.14. The second kappa shape index (κ2) is 5.13. The Morgan fingerprint density at radius 1 is 1.64 bits per heavy atom. The maximum atomic E-state index is 11.3. The van der Waals surface area contributed by atoms with E-state index in [0.717, 1.165) is 6.42 Å². The molecule has 0 aliphatic carbocycles. The summed E-state index contributed by atoms with van der Waals surface area (Å²) in [6.07, 6.45) is 0.856. The molecule has 0 saturated heterocycles. The SMILES string of the molecule is CCC(C)C(=O)N(C)CCO. The maximum Gasteiger partial charge on any atom is 0.225 e. The normalized spacial score (nSPS) is 12.7. The number of rotatable bonds is 4. The Bertz CT molecular complexity index is 125. The van der Waals surface area contributed by atoms with Gasteiger partial charge in [-0.15, -0.1) is 0 Å². The fraction of sp³-hybridized carbons (Fsp3) is 0.875. The molecule has 0 aliphatic heterocycles. The summed E-state index contributed by atoms with van der Waals surface area (Å²) in [4.78, 5) is 12.8. The number of hydrogen-bond donors (Lipinski definition) is 1. The van der Waals surface area contributed by atoms with Crippen LogP contribution in [0.15, 0.2) is 0 Å². The van der Waals surface area contributed by atoms with Gasteiger partial charge in [0.05, 0.1) is 6.61 Å². The summed E-state index contributed by atoms with van der Waals surface area (Å²) in [5.74, 6) is 0.188. The Labute approximate surface area is 68.0 Å². The fourth-order valence-electron chi connectivity index (χ4n) is 0.811. The molecule has 0 heterocycles. The van der Waals surface area contributed by atoms with Crippen LogP contribution >= 0.6 is 0 Å². The van der Waals surface area contributed by atoms with E-state index in [-0.39, 0.29) is 18.4 Å². The average molecular weight is 159 g/mol. The monoisotopic (exact) mass is 159 g/mol. The molecule has 0 rings (SSSR count). The molecule has 3 heteroatoms. The number of hydrogen-bond acceptors (Lipinski definition) is 2. The Kier molecular flexibility index (Phi) is 4.86. The number of carbonyl (C=O) groups excluding carboxylic acids is 1. The molecule has 11 heavy (non-hydrogen) atoms. The first kappa shape index (κ1) is 10.4. The van der Waals surface area contributed by atoms with E-state index in [1.165, 1.54) is 0 Å². The van der Waals surface area contributed by atoms with Gasteiger partial charge >= 0.3 is 0 Å². The van der Waals surface area contributed by atoms with Crippen LogP contribution in [-0.2, 0) is 4.79 Å². The molecule has 0 radical (unpaired) electrons. The molecule has 1 N–H and O–H groups in total. The smallest absolute Gasteiger partial charge is 0.225 e. The molecule has 0 fully saturated rings. The molecule has 66 valence electrons. The van der Waals surface area contributed by atoms with Crippen molar-refractivity contribution in [3.63, 3.8) is 0 Å². The molecule has 0 bridgehead atoms. The first-order valence-corrected chi connectivity index (χ1v) is 3.99. The van der Waals surface area contributed by atoms with Gasteiger partial charge in [-0.25, -0.2) is 0 Å². The molecule has 0 aromatic carbocycles. The lowest BCUT2D eigenvalue weighted by atomic mass is 10.1. The van der Waals surface area contributed by atoms with Crippen molar-refractivity contribution in [1.29, 1.82) is 0 Å². The quantitative estimate of drug-likeness (QED) is 0.648. The second-order valence-corrected chi connectivity index (χ2v) is 2.79. The average Bonchev–Trinajstić information content (AvgIpc) is 2.02. The highest BCUT2D eigenvalue weighted by molar-refractivity contribution is 5.78. The van der Waals surface area contributed by atoms with Gasteiger partial charge < -0.3 is 10.0 Å². The third kappa shape index (κ3) is 3.37. The van der Waals surface area contributed by atoms with Crippen LogP contribution in [0.1, 0.15) is 20.3 Å². The first-order chi connectivity index (χ1) is 5.13. The van der Waals surface area contributed by atoms with Gasteiger partial charge in [0.2, 0.25) is 5.91 Å². The number of likely N-dealkylation sites (N-methyl/N-ethyl adjacent to an activating group) is 1. The van der Waals surface area contributed by atoms with E-state index < -0.39 is 0 Å². The van der Waals surface area contributed by atoms with Crippen molar-refractivity contribution in [1.82, 2.24) is 4.90 Å². The summed E-state index contributed by atoms with van der Waals surface area (Å²) < 4.78 is 0. The Morgan fingerprint density at radius 3 is 2.55 bits per heavy atom. The number of amides is 1. The third-order valence-electron chi connectivity index (χ3n) is 1.85. The number of carbonyl (C=O) groups is 1. The van der Waals surface area contributed by atoms with E-state index in [1.54, 1.807) is 11.9 Å². The van der Waals surface area contributed by atoms with E-state index >= 15 is 0 Å². The number of aliphatic hydroxyl groups is 1. The van der Waals surface area contributed by atoms with Gasteiger partial charge in [-0.05, 0) is 6.42 Å².